The van der Waals surface area contributed by atoms with E-state index in [0.717, 1.165) is 28.2 Å². The summed E-state index contributed by atoms with van der Waals surface area (Å²) in [6.45, 7) is 2.64. The van der Waals surface area contributed by atoms with Gasteiger partial charge in [-0.3, -0.25) is 4.57 Å². The van der Waals surface area contributed by atoms with E-state index in [4.69, 9.17) is 4.74 Å². The summed E-state index contributed by atoms with van der Waals surface area (Å²) in [4.78, 5) is 23.0. The van der Waals surface area contributed by atoms with E-state index in [0.29, 0.717) is 23.2 Å². The van der Waals surface area contributed by atoms with Gasteiger partial charge in [0.05, 0.1) is 11.7 Å². The molecule has 1 aromatic carbocycles. The van der Waals surface area contributed by atoms with E-state index in [1.807, 2.05) is 6.92 Å². The predicted molar refractivity (Wildman–Crippen MR) is 101 cm³/mol. The molecule has 0 saturated carbocycles. The number of aliphatic hydroxyl groups is 1. The molecule has 8 nitrogen and oxygen atoms in total. The summed E-state index contributed by atoms with van der Waals surface area (Å²) in [6, 6.07) is 3.37. The van der Waals surface area contributed by atoms with E-state index in [1.54, 1.807) is 12.1 Å². The molecule has 31 heavy (non-hydrogen) atoms. The summed E-state index contributed by atoms with van der Waals surface area (Å²) in [5.41, 5.74) is 2.52. The number of nitrogens with zero attached hydrogens (tertiary/aromatic N) is 4. The van der Waals surface area contributed by atoms with Crippen LogP contribution in [-0.2, 0) is 24.1 Å². The van der Waals surface area contributed by atoms with E-state index in [-0.39, 0.29) is 25.1 Å². The van der Waals surface area contributed by atoms with Crippen molar-refractivity contribution >= 4 is 5.97 Å². The fraction of sp³-hybridized carbons (Fsp3) is 0.300. The molecule has 3 aromatic rings. The first-order chi connectivity index (χ1) is 14.7. The number of carbonyl (C=O) groups is 1. The molecule has 1 atom stereocenters. The number of hydrogen-bond donors (Lipinski definition) is 2. The van der Waals surface area contributed by atoms with Gasteiger partial charge in [-0.05, 0) is 24.1 Å². The van der Waals surface area contributed by atoms with Crippen LogP contribution in [-0.4, -0.2) is 37.1 Å². The van der Waals surface area contributed by atoms with Crippen LogP contribution >= 0.6 is 0 Å². The third kappa shape index (κ3) is 4.28. The Morgan fingerprint density at radius 1 is 1.26 bits per heavy atom. The number of imidazole rings is 1. The summed E-state index contributed by atoms with van der Waals surface area (Å²) < 4.78 is 44.1. The van der Waals surface area contributed by atoms with Crippen LogP contribution in [0.5, 0.6) is 0 Å². The second kappa shape index (κ2) is 8.08. The number of halogens is 3. The van der Waals surface area contributed by atoms with Crippen molar-refractivity contribution in [3.63, 3.8) is 0 Å². The fourth-order valence-corrected chi connectivity index (χ4v) is 3.34. The van der Waals surface area contributed by atoms with Gasteiger partial charge < -0.3 is 15.2 Å². The Morgan fingerprint density at radius 2 is 2.00 bits per heavy atom. The Bertz CT molecular complexity index is 1110. The summed E-state index contributed by atoms with van der Waals surface area (Å²) in [6.07, 6.45) is -0.536. The molecule has 0 fully saturated rings. The number of aliphatic hydroxyl groups excluding tert-OH is 1. The van der Waals surface area contributed by atoms with Crippen molar-refractivity contribution < 1.29 is 27.8 Å². The molecule has 1 aliphatic heterocycles. The molecule has 1 aliphatic rings. The number of alkyl halides is 3. The maximum Gasteiger partial charge on any atom is 0.434 e. The second-order valence-electron chi connectivity index (χ2n) is 7.08. The zero-order valence-electron chi connectivity index (χ0n) is 16.3. The number of cyclic esters (lactones) is 1. The number of ether oxygens (including phenoxy) is 1. The molecule has 0 amide bonds. The summed E-state index contributed by atoms with van der Waals surface area (Å²) in [5, 5.41) is 13.6. The Morgan fingerprint density at radius 3 is 2.68 bits per heavy atom. The first-order valence-corrected chi connectivity index (χ1v) is 9.35. The van der Waals surface area contributed by atoms with Gasteiger partial charge in [0, 0.05) is 42.8 Å². The van der Waals surface area contributed by atoms with E-state index in [9.17, 15) is 23.1 Å². The zero-order chi connectivity index (χ0) is 22.2. The standard InChI is InChI=1S/C20H18F3N5O3/c1-11-13(2-3-14-15(11)9-31-18(14)30)16(29)7-24-4-12-5-25-19(26-6-12)28-8-17(27-10-28)20(21,22)23/h2-3,5-6,8,10,16,24,29H,4,7,9H2,1H3. The maximum atomic E-state index is 12.6. The van der Waals surface area contributed by atoms with Crippen molar-refractivity contribution in [2.75, 3.05) is 6.54 Å². The minimum Gasteiger partial charge on any atom is -0.457 e. The zero-order valence-corrected chi connectivity index (χ0v) is 16.3. The van der Waals surface area contributed by atoms with Crippen LogP contribution < -0.4 is 5.32 Å². The molecule has 2 N–H and O–H groups in total. The molecular weight excluding hydrogens is 415 g/mol. The van der Waals surface area contributed by atoms with Crippen molar-refractivity contribution in [3.8, 4) is 5.95 Å². The van der Waals surface area contributed by atoms with E-state index >= 15 is 0 Å². The number of aromatic nitrogens is 4. The lowest BCUT2D eigenvalue weighted by molar-refractivity contribution is -0.140. The number of fused-ring (bicyclic) bond motifs is 1. The van der Waals surface area contributed by atoms with Crippen LogP contribution in [0.15, 0.2) is 37.1 Å². The highest BCUT2D eigenvalue weighted by molar-refractivity contribution is 5.93. The van der Waals surface area contributed by atoms with Crippen LogP contribution in [0.2, 0.25) is 0 Å². The third-order valence-electron chi connectivity index (χ3n) is 5.03. The molecule has 11 heteroatoms. The highest BCUT2D eigenvalue weighted by Crippen LogP contribution is 2.29. The van der Waals surface area contributed by atoms with Gasteiger partial charge in [-0.25, -0.2) is 19.7 Å². The van der Waals surface area contributed by atoms with Crippen molar-refractivity contribution in [2.45, 2.75) is 32.4 Å². The molecule has 0 aliphatic carbocycles. The first kappa shape index (κ1) is 20.9. The highest BCUT2D eigenvalue weighted by atomic mass is 19.4. The molecule has 162 valence electrons. The summed E-state index contributed by atoms with van der Waals surface area (Å²) in [5.74, 6) is -0.289. The minimum absolute atomic E-state index is 0.0670. The lowest BCUT2D eigenvalue weighted by Gasteiger charge is -2.16. The molecule has 0 radical (unpaired) electrons. The molecule has 3 heterocycles. The largest absolute Gasteiger partial charge is 0.457 e. The Kier molecular flexibility index (Phi) is 5.46. The topological polar surface area (TPSA) is 102 Å². The van der Waals surface area contributed by atoms with Crippen LogP contribution in [0, 0.1) is 6.92 Å². The molecular formula is C20H18F3N5O3. The first-order valence-electron chi connectivity index (χ1n) is 9.35. The number of rotatable bonds is 6. The van der Waals surface area contributed by atoms with Crippen LogP contribution in [0.1, 0.15) is 44.4 Å². The highest BCUT2D eigenvalue weighted by Gasteiger charge is 2.33. The number of hydrogen-bond acceptors (Lipinski definition) is 7. The van der Waals surface area contributed by atoms with Crippen LogP contribution in [0.3, 0.4) is 0 Å². The Labute approximate surface area is 174 Å². The van der Waals surface area contributed by atoms with E-state index < -0.39 is 18.0 Å². The Hall–Kier alpha value is -3.31. The number of esters is 1. The van der Waals surface area contributed by atoms with Gasteiger partial charge in [0.2, 0.25) is 5.95 Å². The van der Waals surface area contributed by atoms with Crippen molar-refractivity contribution in [2.24, 2.45) is 0 Å². The molecule has 0 bridgehead atoms. The van der Waals surface area contributed by atoms with Gasteiger partial charge in [-0.2, -0.15) is 13.2 Å². The lowest BCUT2D eigenvalue weighted by atomic mass is 9.95. The summed E-state index contributed by atoms with van der Waals surface area (Å²) >= 11 is 0. The van der Waals surface area contributed by atoms with Crippen LogP contribution in [0.4, 0.5) is 13.2 Å². The van der Waals surface area contributed by atoms with Gasteiger partial charge >= 0.3 is 12.1 Å². The minimum atomic E-state index is -4.53. The van der Waals surface area contributed by atoms with Crippen molar-refractivity contribution in [1.82, 2.24) is 24.8 Å². The smallest absolute Gasteiger partial charge is 0.434 e. The average Bonchev–Trinajstić information content (AvgIpc) is 3.37. The lowest BCUT2D eigenvalue weighted by Crippen LogP contribution is -2.22. The summed E-state index contributed by atoms with van der Waals surface area (Å²) in [7, 11) is 0. The third-order valence-corrected chi connectivity index (χ3v) is 5.03. The van der Waals surface area contributed by atoms with Crippen molar-refractivity contribution in [1.29, 1.82) is 0 Å². The van der Waals surface area contributed by atoms with Gasteiger partial charge in [0.25, 0.3) is 0 Å². The van der Waals surface area contributed by atoms with E-state index in [2.05, 4.69) is 20.3 Å². The monoisotopic (exact) mass is 433 g/mol. The van der Waals surface area contributed by atoms with Gasteiger partial charge in [0.15, 0.2) is 5.69 Å². The second-order valence-corrected chi connectivity index (χ2v) is 7.08. The number of carbonyl (C=O) groups excluding carboxylic acids is 1. The van der Waals surface area contributed by atoms with Crippen LogP contribution in [0.25, 0.3) is 5.95 Å². The maximum absolute atomic E-state index is 12.6. The fourth-order valence-electron chi connectivity index (χ4n) is 3.34. The van der Waals surface area contributed by atoms with E-state index in [1.165, 1.54) is 12.4 Å². The molecule has 0 saturated heterocycles. The molecule has 1 unspecified atom stereocenters. The average molecular weight is 433 g/mol. The van der Waals surface area contributed by atoms with Gasteiger partial charge in [0.1, 0.15) is 12.9 Å². The predicted octanol–water partition coefficient (Wildman–Crippen LogP) is 2.48. The quantitative estimate of drug-likeness (QED) is 0.576. The SMILES string of the molecule is Cc1c(C(O)CNCc2cnc(-n3cnc(C(F)(F)F)c3)nc2)ccc2c1COC2=O. The normalized spacial score (nSPS) is 14.4. The van der Waals surface area contributed by atoms with Crippen molar-refractivity contribution in [3.05, 3.63) is 70.6 Å². The van der Waals surface area contributed by atoms with Gasteiger partial charge in [-0.1, -0.05) is 6.07 Å². The Balaban J connectivity index is 1.35. The molecule has 2 aromatic heterocycles. The number of benzene rings is 1. The van der Waals surface area contributed by atoms with Gasteiger partial charge in [-0.15, -0.1) is 0 Å². The molecule has 0 spiro atoms. The molecule has 4 rings (SSSR count). The number of nitrogens with one attached hydrogen (secondary N) is 1.